The van der Waals surface area contributed by atoms with Gasteiger partial charge >= 0.3 is 5.97 Å². The van der Waals surface area contributed by atoms with Crippen molar-refractivity contribution in [3.8, 4) is 0 Å². The van der Waals surface area contributed by atoms with Crippen molar-refractivity contribution in [3.05, 3.63) is 71.3 Å². The lowest BCUT2D eigenvalue weighted by Crippen LogP contribution is -2.25. The van der Waals surface area contributed by atoms with Crippen LogP contribution in [0.3, 0.4) is 0 Å². The molecule has 0 aliphatic carbocycles. The molecule has 2 aromatic rings. The number of hydrogen-bond acceptors (Lipinski definition) is 3. The van der Waals surface area contributed by atoms with Crippen LogP contribution in [0.25, 0.3) is 0 Å². The third-order valence-corrected chi connectivity index (χ3v) is 3.71. The van der Waals surface area contributed by atoms with Gasteiger partial charge in [-0.1, -0.05) is 54.6 Å². The smallest absolute Gasteiger partial charge is 0.307 e. The van der Waals surface area contributed by atoms with Gasteiger partial charge in [-0.15, -0.1) is 0 Å². The zero-order chi connectivity index (χ0) is 17.7. The van der Waals surface area contributed by atoms with Crippen molar-refractivity contribution in [1.29, 1.82) is 0 Å². The summed E-state index contributed by atoms with van der Waals surface area (Å²) in [5.74, 6) is -0.293. The minimum Gasteiger partial charge on any atom is -0.460 e. The number of carbonyl (C=O) groups is 2. The summed E-state index contributed by atoms with van der Waals surface area (Å²) in [6.07, 6.45) is 0.265. The summed E-state index contributed by atoms with van der Waals surface area (Å²) in [4.78, 5) is 23.8. The Hall–Kier alpha value is -2.42. The third kappa shape index (κ3) is 5.05. The van der Waals surface area contributed by atoms with E-state index in [0.717, 1.165) is 11.1 Å². The number of hydrogen-bond donors (Lipinski definition) is 0. The molecule has 0 aromatic heterocycles. The van der Waals surface area contributed by atoms with Crippen LogP contribution in [-0.4, -0.2) is 17.4 Å². The number of Topliss-reactive ketones (excluding diaryl/α,β-unsaturated/α-hetero) is 1. The molecule has 3 nitrogen and oxygen atoms in total. The fourth-order valence-corrected chi connectivity index (χ4v) is 2.61. The minimum atomic E-state index is -0.503. The van der Waals surface area contributed by atoms with Crippen LogP contribution in [-0.2, 0) is 9.53 Å². The summed E-state index contributed by atoms with van der Waals surface area (Å²) in [6, 6.07) is 17.3. The first kappa shape index (κ1) is 17.9. The highest BCUT2D eigenvalue weighted by molar-refractivity contribution is 5.94. The van der Waals surface area contributed by atoms with E-state index in [1.165, 1.54) is 0 Å². The van der Waals surface area contributed by atoms with Gasteiger partial charge in [-0.3, -0.25) is 9.59 Å². The number of ketones is 1. The Labute approximate surface area is 143 Å². The van der Waals surface area contributed by atoms with Crippen molar-refractivity contribution < 1.29 is 14.3 Å². The molecule has 0 amide bonds. The lowest BCUT2D eigenvalue weighted by atomic mass is 9.88. The normalized spacial score (nSPS) is 12.5. The van der Waals surface area contributed by atoms with Crippen molar-refractivity contribution in [3.63, 3.8) is 0 Å². The van der Waals surface area contributed by atoms with E-state index < -0.39 is 5.60 Å². The molecule has 3 heteroatoms. The van der Waals surface area contributed by atoms with E-state index in [4.69, 9.17) is 4.74 Å². The van der Waals surface area contributed by atoms with Gasteiger partial charge < -0.3 is 4.74 Å². The molecule has 126 valence electrons. The molecule has 2 aromatic carbocycles. The first-order chi connectivity index (χ1) is 11.3. The van der Waals surface area contributed by atoms with E-state index in [1.807, 2.05) is 75.4 Å². The molecule has 0 N–H and O–H groups in total. The summed E-state index contributed by atoms with van der Waals surface area (Å²) in [5, 5.41) is 0. The highest BCUT2D eigenvalue weighted by Crippen LogP contribution is 2.29. The van der Waals surface area contributed by atoms with Crippen molar-refractivity contribution in [2.24, 2.45) is 0 Å². The monoisotopic (exact) mass is 324 g/mol. The van der Waals surface area contributed by atoms with Crippen LogP contribution in [0, 0.1) is 0 Å². The predicted molar refractivity (Wildman–Crippen MR) is 95.2 cm³/mol. The van der Waals surface area contributed by atoms with Gasteiger partial charge in [0.1, 0.15) is 5.60 Å². The second-order valence-electron chi connectivity index (χ2n) is 6.93. The van der Waals surface area contributed by atoms with Crippen molar-refractivity contribution in [2.45, 2.75) is 45.6 Å². The fourth-order valence-electron chi connectivity index (χ4n) is 2.61. The molecule has 24 heavy (non-hydrogen) atoms. The molecule has 0 radical (unpaired) electrons. The molecule has 0 heterocycles. The highest BCUT2D eigenvalue weighted by Gasteiger charge is 2.23. The Kier molecular flexibility index (Phi) is 5.55. The van der Waals surface area contributed by atoms with Crippen molar-refractivity contribution >= 4 is 11.8 Å². The van der Waals surface area contributed by atoms with Gasteiger partial charge in [0, 0.05) is 11.5 Å². The summed E-state index contributed by atoms with van der Waals surface area (Å²) < 4.78 is 5.48. The van der Waals surface area contributed by atoms with E-state index in [2.05, 4.69) is 0 Å². The van der Waals surface area contributed by atoms with Gasteiger partial charge in [0.25, 0.3) is 0 Å². The van der Waals surface area contributed by atoms with Crippen LogP contribution in [0.4, 0.5) is 0 Å². The summed E-state index contributed by atoms with van der Waals surface area (Å²) in [7, 11) is 0. The maximum absolute atomic E-state index is 12.3. The van der Waals surface area contributed by atoms with Gasteiger partial charge in [-0.05, 0) is 38.8 Å². The molecule has 0 unspecified atom stereocenters. The van der Waals surface area contributed by atoms with E-state index in [-0.39, 0.29) is 24.1 Å². The van der Waals surface area contributed by atoms with Crippen LogP contribution in [0.15, 0.2) is 54.6 Å². The minimum absolute atomic E-state index is 0.0324. The number of benzene rings is 2. The molecule has 0 fully saturated rings. The van der Waals surface area contributed by atoms with Crippen molar-refractivity contribution in [2.75, 3.05) is 0 Å². The van der Waals surface area contributed by atoms with Crippen LogP contribution in [0.1, 0.15) is 61.5 Å². The Morgan fingerprint density at radius 2 is 1.46 bits per heavy atom. The molecule has 0 spiro atoms. The molecule has 0 saturated carbocycles. The fraction of sp³-hybridized carbons (Fsp3) is 0.333. The molecule has 0 aliphatic heterocycles. The molecule has 1 atom stereocenters. The zero-order valence-electron chi connectivity index (χ0n) is 14.7. The number of carbonyl (C=O) groups excluding carboxylic acids is 2. The van der Waals surface area contributed by atoms with Gasteiger partial charge in [0.05, 0.1) is 6.42 Å². The largest absolute Gasteiger partial charge is 0.460 e. The summed E-state index contributed by atoms with van der Waals surface area (Å²) >= 11 is 0. The molecule has 0 bridgehead atoms. The predicted octanol–water partition coefficient (Wildman–Crippen LogP) is 4.75. The lowest BCUT2D eigenvalue weighted by Gasteiger charge is -2.23. The quantitative estimate of drug-likeness (QED) is 0.588. The van der Waals surface area contributed by atoms with Crippen molar-refractivity contribution in [1.82, 2.24) is 0 Å². The number of ether oxygens (including phenoxy) is 1. The van der Waals surface area contributed by atoms with E-state index in [1.54, 1.807) is 6.92 Å². The van der Waals surface area contributed by atoms with Gasteiger partial charge in [-0.2, -0.15) is 0 Å². The van der Waals surface area contributed by atoms with Crippen LogP contribution < -0.4 is 0 Å². The standard InChI is InChI=1S/C21H24O3/c1-15(22)16-10-12-18(13-11-16)19(17-8-6-5-7-9-17)14-20(23)24-21(2,3)4/h5-13,19H,14H2,1-4H3/t19-/m0/s1. The Morgan fingerprint density at radius 1 is 0.917 bits per heavy atom. The van der Waals surface area contributed by atoms with Gasteiger partial charge in [-0.25, -0.2) is 0 Å². The van der Waals surface area contributed by atoms with Crippen LogP contribution >= 0.6 is 0 Å². The maximum Gasteiger partial charge on any atom is 0.307 e. The van der Waals surface area contributed by atoms with Gasteiger partial charge in [0.15, 0.2) is 5.78 Å². The molecular weight excluding hydrogens is 300 g/mol. The third-order valence-electron chi connectivity index (χ3n) is 3.71. The van der Waals surface area contributed by atoms with Crippen LogP contribution in [0.5, 0.6) is 0 Å². The lowest BCUT2D eigenvalue weighted by molar-refractivity contribution is -0.155. The van der Waals surface area contributed by atoms with Gasteiger partial charge in [0.2, 0.25) is 0 Å². The molecule has 0 saturated heterocycles. The average molecular weight is 324 g/mol. The number of esters is 1. The highest BCUT2D eigenvalue weighted by atomic mass is 16.6. The van der Waals surface area contributed by atoms with E-state index in [9.17, 15) is 9.59 Å². The first-order valence-electron chi connectivity index (χ1n) is 8.14. The average Bonchev–Trinajstić information content (AvgIpc) is 2.52. The summed E-state index contributed by atoms with van der Waals surface area (Å²) in [6.45, 7) is 7.14. The summed E-state index contributed by atoms with van der Waals surface area (Å²) in [5.41, 5.74) is 2.22. The topological polar surface area (TPSA) is 43.4 Å². The second-order valence-corrected chi connectivity index (χ2v) is 6.93. The second kappa shape index (κ2) is 7.43. The Balaban J connectivity index is 2.30. The SMILES string of the molecule is CC(=O)c1ccc([C@@H](CC(=O)OC(C)(C)C)c2ccccc2)cc1. The Morgan fingerprint density at radius 3 is 1.96 bits per heavy atom. The molecule has 2 rings (SSSR count). The zero-order valence-corrected chi connectivity index (χ0v) is 14.7. The molecule has 0 aliphatic rings. The number of rotatable bonds is 5. The maximum atomic E-state index is 12.3. The van der Waals surface area contributed by atoms with E-state index in [0.29, 0.717) is 5.56 Å². The first-order valence-corrected chi connectivity index (χ1v) is 8.14. The Bertz CT molecular complexity index is 694. The molecular formula is C21H24O3. The van der Waals surface area contributed by atoms with Crippen LogP contribution in [0.2, 0.25) is 0 Å². The van der Waals surface area contributed by atoms with E-state index >= 15 is 0 Å².